The number of hydrogen-bond donors (Lipinski definition) is 1. The molecular formula is C11H13ClF3N. The van der Waals surface area contributed by atoms with Gasteiger partial charge in [0, 0.05) is 17.3 Å². The Labute approximate surface area is 97.6 Å². The lowest BCUT2D eigenvalue weighted by molar-refractivity contribution is -0.137. The second kappa shape index (κ2) is 4.95. The zero-order chi connectivity index (χ0) is 12.3. The lowest BCUT2D eigenvalue weighted by Crippen LogP contribution is -2.10. The first-order valence-corrected chi connectivity index (χ1v) is 5.28. The van der Waals surface area contributed by atoms with Crippen LogP contribution in [0.15, 0.2) is 18.2 Å². The Morgan fingerprint density at radius 2 is 1.88 bits per heavy atom. The number of halogens is 4. The molecule has 0 saturated heterocycles. The summed E-state index contributed by atoms with van der Waals surface area (Å²) in [6.07, 6.45) is -4.36. The highest BCUT2D eigenvalue weighted by Crippen LogP contribution is 2.33. The van der Waals surface area contributed by atoms with E-state index in [9.17, 15) is 13.2 Å². The Hall–Kier alpha value is -0.900. The predicted octanol–water partition coefficient (Wildman–Crippen LogP) is 4.43. The minimum atomic E-state index is -4.36. The zero-order valence-corrected chi connectivity index (χ0v) is 9.78. The predicted molar refractivity (Wildman–Crippen MR) is 59.8 cm³/mol. The van der Waals surface area contributed by atoms with E-state index in [0.717, 1.165) is 12.1 Å². The molecule has 0 bridgehead atoms. The van der Waals surface area contributed by atoms with Gasteiger partial charge in [-0.2, -0.15) is 13.2 Å². The quantitative estimate of drug-likeness (QED) is 0.838. The van der Waals surface area contributed by atoms with Crippen molar-refractivity contribution in [1.82, 2.24) is 0 Å². The maximum Gasteiger partial charge on any atom is 0.416 e. The van der Waals surface area contributed by atoms with E-state index in [1.807, 2.05) is 13.8 Å². The van der Waals surface area contributed by atoms with E-state index >= 15 is 0 Å². The van der Waals surface area contributed by atoms with Crippen molar-refractivity contribution in [2.24, 2.45) is 5.92 Å². The molecule has 0 amide bonds. The molecule has 1 aromatic rings. The van der Waals surface area contributed by atoms with Gasteiger partial charge in [-0.05, 0) is 24.1 Å². The molecule has 0 aromatic heterocycles. The lowest BCUT2D eigenvalue weighted by Gasteiger charge is -2.12. The van der Waals surface area contributed by atoms with Gasteiger partial charge in [0.2, 0.25) is 0 Å². The topological polar surface area (TPSA) is 12.0 Å². The third kappa shape index (κ3) is 3.93. The Kier molecular flexibility index (Phi) is 4.08. The second-order valence-corrected chi connectivity index (χ2v) is 4.44. The first-order valence-electron chi connectivity index (χ1n) is 4.90. The van der Waals surface area contributed by atoms with Crippen LogP contribution >= 0.6 is 11.6 Å². The maximum atomic E-state index is 12.5. The molecule has 0 radical (unpaired) electrons. The molecule has 0 aliphatic carbocycles. The van der Waals surface area contributed by atoms with Crippen molar-refractivity contribution < 1.29 is 13.2 Å². The van der Waals surface area contributed by atoms with Crippen LogP contribution < -0.4 is 5.32 Å². The first kappa shape index (κ1) is 13.2. The third-order valence-corrected chi connectivity index (χ3v) is 2.16. The summed E-state index contributed by atoms with van der Waals surface area (Å²) in [4.78, 5) is 0. The van der Waals surface area contributed by atoms with E-state index in [1.54, 1.807) is 0 Å². The van der Waals surface area contributed by atoms with Crippen LogP contribution in [0.2, 0.25) is 5.02 Å². The van der Waals surface area contributed by atoms with Crippen molar-refractivity contribution in [2.45, 2.75) is 20.0 Å². The van der Waals surface area contributed by atoms with Gasteiger partial charge in [0.1, 0.15) is 0 Å². The fourth-order valence-corrected chi connectivity index (χ4v) is 1.41. The molecule has 0 fully saturated rings. The molecule has 0 aliphatic heterocycles. The molecular weight excluding hydrogens is 239 g/mol. The van der Waals surface area contributed by atoms with Gasteiger partial charge in [0.25, 0.3) is 0 Å². The van der Waals surface area contributed by atoms with Crippen LogP contribution in [0.1, 0.15) is 19.4 Å². The highest BCUT2D eigenvalue weighted by atomic mass is 35.5. The summed E-state index contributed by atoms with van der Waals surface area (Å²) >= 11 is 5.63. The first-order chi connectivity index (χ1) is 7.29. The molecule has 0 heterocycles. The second-order valence-electron chi connectivity index (χ2n) is 4.00. The van der Waals surface area contributed by atoms with E-state index in [1.165, 1.54) is 6.07 Å². The fourth-order valence-electron chi connectivity index (χ4n) is 1.18. The Morgan fingerprint density at radius 3 is 2.38 bits per heavy atom. The summed E-state index contributed by atoms with van der Waals surface area (Å²) in [5.74, 6) is 0.355. The van der Waals surface area contributed by atoms with E-state index < -0.39 is 11.7 Å². The molecule has 16 heavy (non-hydrogen) atoms. The summed E-state index contributed by atoms with van der Waals surface area (Å²) in [5.41, 5.74) is -0.334. The summed E-state index contributed by atoms with van der Waals surface area (Å²) in [6, 6.07) is 3.47. The number of anilines is 1. The van der Waals surface area contributed by atoms with Gasteiger partial charge < -0.3 is 5.32 Å². The van der Waals surface area contributed by atoms with Gasteiger partial charge in [-0.3, -0.25) is 0 Å². The number of hydrogen-bond acceptors (Lipinski definition) is 1. The molecule has 0 unspecified atom stereocenters. The van der Waals surface area contributed by atoms with Gasteiger partial charge in [-0.15, -0.1) is 0 Å². The van der Waals surface area contributed by atoms with Crippen LogP contribution in [-0.4, -0.2) is 6.54 Å². The molecule has 0 spiro atoms. The molecule has 1 N–H and O–H groups in total. The van der Waals surface area contributed by atoms with Crippen molar-refractivity contribution in [3.63, 3.8) is 0 Å². The fraction of sp³-hybridized carbons (Fsp3) is 0.455. The smallest absolute Gasteiger partial charge is 0.385 e. The van der Waals surface area contributed by atoms with Gasteiger partial charge in [-0.25, -0.2) is 0 Å². The number of benzene rings is 1. The maximum absolute atomic E-state index is 12.5. The molecule has 0 aliphatic rings. The highest BCUT2D eigenvalue weighted by Gasteiger charge is 2.31. The van der Waals surface area contributed by atoms with Crippen LogP contribution in [-0.2, 0) is 6.18 Å². The molecule has 90 valence electrons. The summed E-state index contributed by atoms with van der Waals surface area (Å²) in [5, 5.41) is 3.00. The minimum absolute atomic E-state index is 0.0843. The van der Waals surface area contributed by atoms with E-state index in [-0.39, 0.29) is 5.02 Å². The largest absolute Gasteiger partial charge is 0.416 e. The zero-order valence-electron chi connectivity index (χ0n) is 9.03. The third-order valence-electron chi connectivity index (χ3n) is 1.94. The van der Waals surface area contributed by atoms with Crippen LogP contribution in [0, 0.1) is 5.92 Å². The summed E-state index contributed by atoms with van der Waals surface area (Å²) in [7, 11) is 0. The number of alkyl halides is 3. The van der Waals surface area contributed by atoms with Crippen LogP contribution in [0.5, 0.6) is 0 Å². The van der Waals surface area contributed by atoms with Crippen LogP contribution in [0.4, 0.5) is 18.9 Å². The molecule has 1 rings (SSSR count). The standard InChI is InChI=1S/C11H13ClF3N/c1-7(2)6-16-10-4-8(11(13,14)15)3-9(12)5-10/h3-5,7,16H,6H2,1-2H3. The van der Waals surface area contributed by atoms with Crippen molar-refractivity contribution in [1.29, 1.82) is 0 Å². The molecule has 1 nitrogen and oxygen atoms in total. The lowest BCUT2D eigenvalue weighted by atomic mass is 10.1. The summed E-state index contributed by atoms with van der Waals surface area (Å²) < 4.78 is 37.4. The number of rotatable bonds is 3. The van der Waals surface area contributed by atoms with Gasteiger partial charge >= 0.3 is 6.18 Å². The van der Waals surface area contributed by atoms with E-state index in [0.29, 0.717) is 18.2 Å². The van der Waals surface area contributed by atoms with Crippen LogP contribution in [0.3, 0.4) is 0 Å². The van der Waals surface area contributed by atoms with E-state index in [2.05, 4.69) is 5.32 Å². The normalized spacial score (nSPS) is 11.9. The van der Waals surface area contributed by atoms with Crippen molar-refractivity contribution in [3.05, 3.63) is 28.8 Å². The Morgan fingerprint density at radius 1 is 1.25 bits per heavy atom. The van der Waals surface area contributed by atoms with Gasteiger partial charge in [0.15, 0.2) is 0 Å². The Balaban J connectivity index is 2.90. The average molecular weight is 252 g/mol. The van der Waals surface area contributed by atoms with Crippen molar-refractivity contribution >= 4 is 17.3 Å². The van der Waals surface area contributed by atoms with Crippen molar-refractivity contribution in [3.8, 4) is 0 Å². The van der Waals surface area contributed by atoms with Gasteiger partial charge in [0.05, 0.1) is 5.56 Å². The Bertz CT molecular complexity index is 361. The minimum Gasteiger partial charge on any atom is -0.385 e. The number of nitrogens with one attached hydrogen (secondary N) is 1. The SMILES string of the molecule is CC(C)CNc1cc(Cl)cc(C(F)(F)F)c1. The monoisotopic (exact) mass is 251 g/mol. The highest BCUT2D eigenvalue weighted by molar-refractivity contribution is 6.30. The molecule has 0 atom stereocenters. The molecule has 1 aromatic carbocycles. The van der Waals surface area contributed by atoms with Crippen LogP contribution in [0.25, 0.3) is 0 Å². The van der Waals surface area contributed by atoms with Crippen molar-refractivity contribution in [2.75, 3.05) is 11.9 Å². The van der Waals surface area contributed by atoms with E-state index in [4.69, 9.17) is 11.6 Å². The molecule has 5 heteroatoms. The average Bonchev–Trinajstić information content (AvgIpc) is 2.12. The van der Waals surface area contributed by atoms with Gasteiger partial charge in [-0.1, -0.05) is 25.4 Å². The molecule has 0 saturated carbocycles. The summed E-state index contributed by atoms with van der Waals surface area (Å²) in [6.45, 7) is 4.56.